The van der Waals surface area contributed by atoms with Crippen LogP contribution in [0.15, 0.2) is 18.2 Å². The smallest absolute Gasteiger partial charge is 0.127 e. The highest BCUT2D eigenvalue weighted by Crippen LogP contribution is 2.35. The van der Waals surface area contributed by atoms with Gasteiger partial charge >= 0.3 is 0 Å². The molecule has 0 amide bonds. The summed E-state index contributed by atoms with van der Waals surface area (Å²) in [5.74, 6) is 1.55. The largest absolute Gasteiger partial charge is 0.493 e. The topological polar surface area (TPSA) is 35.2 Å². The standard InChI is InChI=1S/C14H21NO/c1-3-10(2)13(15)12-8-4-6-11-7-5-9-16-14(11)12/h4,6,8,10,13H,3,5,7,9,15H2,1-2H3. The maximum Gasteiger partial charge on any atom is 0.127 e. The van der Waals surface area contributed by atoms with Crippen LogP contribution in [-0.4, -0.2) is 6.61 Å². The summed E-state index contributed by atoms with van der Waals surface area (Å²) in [6.07, 6.45) is 3.34. The first-order valence-corrected chi connectivity index (χ1v) is 6.24. The van der Waals surface area contributed by atoms with Gasteiger partial charge in [0.05, 0.1) is 6.61 Å². The molecule has 2 nitrogen and oxygen atoms in total. The maximum atomic E-state index is 6.29. The maximum absolute atomic E-state index is 6.29. The van der Waals surface area contributed by atoms with Crippen molar-refractivity contribution in [1.82, 2.24) is 0 Å². The molecule has 1 aliphatic heterocycles. The van der Waals surface area contributed by atoms with Crippen LogP contribution in [0.5, 0.6) is 5.75 Å². The van der Waals surface area contributed by atoms with E-state index >= 15 is 0 Å². The van der Waals surface area contributed by atoms with Gasteiger partial charge in [-0.15, -0.1) is 0 Å². The fourth-order valence-corrected chi connectivity index (χ4v) is 2.24. The molecule has 1 aromatic rings. The van der Waals surface area contributed by atoms with Crippen molar-refractivity contribution >= 4 is 0 Å². The van der Waals surface area contributed by atoms with E-state index in [9.17, 15) is 0 Å². The molecular formula is C14H21NO. The summed E-state index contributed by atoms with van der Waals surface area (Å²) in [6, 6.07) is 6.46. The molecule has 2 heteroatoms. The van der Waals surface area contributed by atoms with Gasteiger partial charge in [0.25, 0.3) is 0 Å². The molecule has 1 heterocycles. The molecule has 88 valence electrons. The van der Waals surface area contributed by atoms with Gasteiger partial charge in [0.2, 0.25) is 0 Å². The molecule has 16 heavy (non-hydrogen) atoms. The summed E-state index contributed by atoms with van der Waals surface area (Å²) in [6.45, 7) is 5.21. The van der Waals surface area contributed by atoms with E-state index in [4.69, 9.17) is 10.5 Å². The van der Waals surface area contributed by atoms with E-state index < -0.39 is 0 Å². The first-order valence-electron chi connectivity index (χ1n) is 6.24. The Hall–Kier alpha value is -1.02. The van der Waals surface area contributed by atoms with Crippen LogP contribution >= 0.6 is 0 Å². The minimum absolute atomic E-state index is 0.0954. The summed E-state index contributed by atoms with van der Waals surface area (Å²) in [5.41, 5.74) is 8.80. The Balaban J connectivity index is 2.33. The lowest BCUT2D eigenvalue weighted by atomic mass is 9.90. The molecule has 0 radical (unpaired) electrons. The zero-order chi connectivity index (χ0) is 11.5. The average Bonchev–Trinajstić information content (AvgIpc) is 2.36. The number of ether oxygens (including phenoxy) is 1. The Kier molecular flexibility index (Phi) is 3.49. The van der Waals surface area contributed by atoms with E-state index in [1.807, 2.05) is 0 Å². The first kappa shape index (κ1) is 11.5. The number of hydrogen-bond donors (Lipinski definition) is 1. The van der Waals surface area contributed by atoms with Crippen molar-refractivity contribution in [3.8, 4) is 5.75 Å². The van der Waals surface area contributed by atoms with Gasteiger partial charge in [-0.3, -0.25) is 0 Å². The van der Waals surface area contributed by atoms with Crippen molar-refractivity contribution in [2.45, 2.75) is 39.2 Å². The Morgan fingerprint density at radius 2 is 2.25 bits per heavy atom. The summed E-state index contributed by atoms with van der Waals surface area (Å²) in [4.78, 5) is 0. The second kappa shape index (κ2) is 4.88. The molecule has 2 rings (SSSR count). The molecule has 2 N–H and O–H groups in total. The zero-order valence-corrected chi connectivity index (χ0v) is 10.2. The average molecular weight is 219 g/mol. The quantitative estimate of drug-likeness (QED) is 0.848. The molecular weight excluding hydrogens is 198 g/mol. The van der Waals surface area contributed by atoms with Gasteiger partial charge in [0.1, 0.15) is 5.75 Å². The highest BCUT2D eigenvalue weighted by Gasteiger charge is 2.21. The molecule has 0 saturated heterocycles. The number of nitrogens with two attached hydrogens (primary N) is 1. The number of aryl methyl sites for hydroxylation is 1. The van der Waals surface area contributed by atoms with Gasteiger partial charge in [0.15, 0.2) is 0 Å². The van der Waals surface area contributed by atoms with Crippen molar-refractivity contribution < 1.29 is 4.74 Å². The second-order valence-corrected chi connectivity index (χ2v) is 4.70. The van der Waals surface area contributed by atoms with Crippen LogP contribution in [0, 0.1) is 5.92 Å². The van der Waals surface area contributed by atoms with E-state index in [1.165, 1.54) is 11.1 Å². The van der Waals surface area contributed by atoms with Crippen LogP contribution in [0.25, 0.3) is 0 Å². The zero-order valence-electron chi connectivity index (χ0n) is 10.2. The Morgan fingerprint density at radius 3 is 3.00 bits per heavy atom. The van der Waals surface area contributed by atoms with Gasteiger partial charge in [0, 0.05) is 11.6 Å². The molecule has 0 aromatic heterocycles. The molecule has 0 bridgehead atoms. The molecule has 2 unspecified atom stereocenters. The van der Waals surface area contributed by atoms with Crippen molar-refractivity contribution in [3.05, 3.63) is 29.3 Å². The van der Waals surface area contributed by atoms with Gasteiger partial charge in [-0.2, -0.15) is 0 Å². The Labute approximate surface area is 97.8 Å². The highest BCUT2D eigenvalue weighted by molar-refractivity contribution is 5.44. The SMILES string of the molecule is CCC(C)C(N)c1cccc2c1OCCC2. The lowest BCUT2D eigenvalue weighted by Gasteiger charge is -2.25. The summed E-state index contributed by atoms with van der Waals surface area (Å²) < 4.78 is 5.79. The fraction of sp³-hybridized carbons (Fsp3) is 0.571. The first-order chi connectivity index (χ1) is 7.74. The summed E-state index contributed by atoms with van der Waals surface area (Å²) in [7, 11) is 0. The highest BCUT2D eigenvalue weighted by atomic mass is 16.5. The van der Waals surface area contributed by atoms with Crippen LogP contribution in [-0.2, 0) is 6.42 Å². The molecule has 0 aliphatic carbocycles. The van der Waals surface area contributed by atoms with E-state index in [-0.39, 0.29) is 6.04 Å². The van der Waals surface area contributed by atoms with Crippen molar-refractivity contribution in [1.29, 1.82) is 0 Å². The molecule has 0 fully saturated rings. The minimum Gasteiger partial charge on any atom is -0.493 e. The number of hydrogen-bond acceptors (Lipinski definition) is 2. The predicted molar refractivity (Wildman–Crippen MR) is 66.6 cm³/mol. The third kappa shape index (κ3) is 2.07. The van der Waals surface area contributed by atoms with Gasteiger partial charge in [-0.25, -0.2) is 0 Å². The second-order valence-electron chi connectivity index (χ2n) is 4.70. The number of rotatable bonds is 3. The van der Waals surface area contributed by atoms with E-state index in [1.54, 1.807) is 0 Å². The van der Waals surface area contributed by atoms with Crippen molar-refractivity contribution in [2.24, 2.45) is 11.7 Å². The van der Waals surface area contributed by atoms with Crippen molar-refractivity contribution in [2.75, 3.05) is 6.61 Å². The summed E-state index contributed by atoms with van der Waals surface area (Å²) >= 11 is 0. The van der Waals surface area contributed by atoms with Crippen LogP contribution < -0.4 is 10.5 Å². The van der Waals surface area contributed by atoms with Crippen LogP contribution in [0.3, 0.4) is 0 Å². The van der Waals surface area contributed by atoms with E-state index in [0.717, 1.165) is 31.6 Å². The molecule has 2 atom stereocenters. The van der Waals surface area contributed by atoms with Gasteiger partial charge < -0.3 is 10.5 Å². The van der Waals surface area contributed by atoms with Crippen molar-refractivity contribution in [3.63, 3.8) is 0 Å². The molecule has 0 saturated carbocycles. The van der Waals surface area contributed by atoms with Crippen LogP contribution in [0.2, 0.25) is 0 Å². The third-order valence-electron chi connectivity index (χ3n) is 3.58. The number of fused-ring (bicyclic) bond motifs is 1. The predicted octanol–water partition coefficient (Wildman–Crippen LogP) is 3.06. The normalized spacial score (nSPS) is 18.4. The third-order valence-corrected chi connectivity index (χ3v) is 3.58. The molecule has 1 aromatic carbocycles. The van der Waals surface area contributed by atoms with Crippen LogP contribution in [0.4, 0.5) is 0 Å². The van der Waals surface area contributed by atoms with Gasteiger partial charge in [-0.05, 0) is 24.3 Å². The monoisotopic (exact) mass is 219 g/mol. The van der Waals surface area contributed by atoms with Crippen LogP contribution in [0.1, 0.15) is 43.9 Å². The lowest BCUT2D eigenvalue weighted by molar-refractivity contribution is 0.280. The molecule has 0 spiro atoms. The number of para-hydroxylation sites is 1. The Bertz CT molecular complexity index is 362. The number of benzene rings is 1. The van der Waals surface area contributed by atoms with Gasteiger partial charge in [-0.1, -0.05) is 38.5 Å². The fourth-order valence-electron chi connectivity index (χ4n) is 2.24. The molecule has 1 aliphatic rings. The Morgan fingerprint density at radius 1 is 1.44 bits per heavy atom. The summed E-state index contributed by atoms with van der Waals surface area (Å²) in [5, 5.41) is 0. The minimum atomic E-state index is 0.0954. The van der Waals surface area contributed by atoms with E-state index in [2.05, 4.69) is 32.0 Å². The lowest BCUT2D eigenvalue weighted by Crippen LogP contribution is -2.21. The van der Waals surface area contributed by atoms with E-state index in [0.29, 0.717) is 5.92 Å².